The van der Waals surface area contributed by atoms with Crippen molar-refractivity contribution in [3.63, 3.8) is 0 Å². The standard InChI is InChI=1S/C15H18N2O3/c1-3-13(18)16-10-9-15(20)17(14(19)4-2)12-8-6-5-7-11(12)16/h5-8H,3-4,9-10H2,1-2H3. The van der Waals surface area contributed by atoms with E-state index in [0.29, 0.717) is 24.3 Å². The first-order valence-electron chi connectivity index (χ1n) is 6.85. The summed E-state index contributed by atoms with van der Waals surface area (Å²) < 4.78 is 0. The Labute approximate surface area is 118 Å². The summed E-state index contributed by atoms with van der Waals surface area (Å²) in [6.45, 7) is 3.82. The smallest absolute Gasteiger partial charge is 0.235 e. The van der Waals surface area contributed by atoms with Gasteiger partial charge in [0.15, 0.2) is 0 Å². The molecule has 5 nitrogen and oxygen atoms in total. The van der Waals surface area contributed by atoms with Crippen molar-refractivity contribution in [2.24, 2.45) is 0 Å². The van der Waals surface area contributed by atoms with Crippen molar-refractivity contribution in [3.8, 4) is 0 Å². The molecular formula is C15H18N2O3. The number of benzene rings is 1. The van der Waals surface area contributed by atoms with E-state index in [1.165, 1.54) is 4.90 Å². The predicted molar refractivity (Wildman–Crippen MR) is 76.5 cm³/mol. The lowest BCUT2D eigenvalue weighted by atomic mass is 10.2. The van der Waals surface area contributed by atoms with Crippen LogP contribution in [0.25, 0.3) is 0 Å². The minimum absolute atomic E-state index is 0.0453. The molecule has 0 atom stereocenters. The molecule has 0 spiro atoms. The van der Waals surface area contributed by atoms with Gasteiger partial charge in [-0.25, -0.2) is 4.90 Å². The van der Waals surface area contributed by atoms with Crippen molar-refractivity contribution in [3.05, 3.63) is 24.3 Å². The Morgan fingerprint density at radius 2 is 1.65 bits per heavy atom. The average Bonchev–Trinajstić information content (AvgIpc) is 2.62. The Balaban J connectivity index is 2.55. The number of carbonyl (C=O) groups is 3. The van der Waals surface area contributed by atoms with Crippen molar-refractivity contribution in [1.29, 1.82) is 0 Å². The lowest BCUT2D eigenvalue weighted by Crippen LogP contribution is -2.36. The average molecular weight is 274 g/mol. The highest BCUT2D eigenvalue weighted by Crippen LogP contribution is 2.33. The summed E-state index contributed by atoms with van der Waals surface area (Å²) in [6, 6.07) is 7.06. The highest BCUT2D eigenvalue weighted by atomic mass is 16.2. The molecule has 0 saturated heterocycles. The number of anilines is 2. The molecule has 0 aromatic heterocycles. The maximum Gasteiger partial charge on any atom is 0.235 e. The van der Waals surface area contributed by atoms with Crippen LogP contribution in [-0.4, -0.2) is 24.3 Å². The van der Waals surface area contributed by atoms with Gasteiger partial charge in [-0.05, 0) is 12.1 Å². The van der Waals surface area contributed by atoms with E-state index in [-0.39, 0.29) is 30.6 Å². The van der Waals surface area contributed by atoms with Crippen LogP contribution in [0.15, 0.2) is 24.3 Å². The lowest BCUT2D eigenvalue weighted by Gasteiger charge is -2.24. The monoisotopic (exact) mass is 274 g/mol. The lowest BCUT2D eigenvalue weighted by molar-refractivity contribution is -0.126. The number of amides is 3. The largest absolute Gasteiger partial charge is 0.310 e. The maximum atomic E-state index is 12.2. The second-order valence-electron chi connectivity index (χ2n) is 4.61. The third-order valence-corrected chi connectivity index (χ3v) is 3.37. The first kappa shape index (κ1) is 14.2. The van der Waals surface area contributed by atoms with E-state index >= 15 is 0 Å². The van der Waals surface area contributed by atoms with Gasteiger partial charge < -0.3 is 4.90 Å². The molecule has 0 bridgehead atoms. The zero-order valence-corrected chi connectivity index (χ0v) is 11.8. The summed E-state index contributed by atoms with van der Waals surface area (Å²) in [7, 11) is 0. The molecule has 1 aromatic rings. The first-order chi connectivity index (χ1) is 9.60. The van der Waals surface area contributed by atoms with Crippen LogP contribution in [0.2, 0.25) is 0 Å². The predicted octanol–water partition coefficient (Wildman–Crippen LogP) is 2.10. The van der Waals surface area contributed by atoms with Crippen LogP contribution in [-0.2, 0) is 14.4 Å². The molecule has 20 heavy (non-hydrogen) atoms. The molecule has 0 saturated carbocycles. The summed E-state index contributed by atoms with van der Waals surface area (Å²) in [6.07, 6.45) is 0.776. The van der Waals surface area contributed by atoms with E-state index in [2.05, 4.69) is 0 Å². The molecule has 0 unspecified atom stereocenters. The Hall–Kier alpha value is -2.17. The normalized spacial score (nSPS) is 14.8. The van der Waals surface area contributed by atoms with E-state index in [1.54, 1.807) is 43.0 Å². The SMILES string of the molecule is CCC(=O)N1CCC(=O)N(C(=O)CC)c2ccccc21. The van der Waals surface area contributed by atoms with Gasteiger partial charge in [-0.3, -0.25) is 14.4 Å². The van der Waals surface area contributed by atoms with Crippen LogP contribution in [0, 0.1) is 0 Å². The van der Waals surface area contributed by atoms with Gasteiger partial charge in [0, 0.05) is 25.8 Å². The van der Waals surface area contributed by atoms with Gasteiger partial charge in [-0.15, -0.1) is 0 Å². The van der Waals surface area contributed by atoms with Crippen molar-refractivity contribution < 1.29 is 14.4 Å². The van der Waals surface area contributed by atoms with Crippen molar-refractivity contribution in [2.75, 3.05) is 16.3 Å². The maximum absolute atomic E-state index is 12.2. The van der Waals surface area contributed by atoms with E-state index in [4.69, 9.17) is 0 Å². The van der Waals surface area contributed by atoms with Crippen molar-refractivity contribution >= 4 is 29.1 Å². The number of nitrogens with zero attached hydrogens (tertiary/aromatic N) is 2. The number of hydrogen-bond donors (Lipinski definition) is 0. The van der Waals surface area contributed by atoms with Crippen LogP contribution in [0.4, 0.5) is 11.4 Å². The Morgan fingerprint density at radius 3 is 2.25 bits per heavy atom. The van der Waals surface area contributed by atoms with Gasteiger partial charge >= 0.3 is 0 Å². The number of carbonyl (C=O) groups excluding carboxylic acids is 3. The Bertz CT molecular complexity index is 554. The molecule has 0 N–H and O–H groups in total. The molecule has 1 aliphatic rings. The van der Waals surface area contributed by atoms with E-state index in [0.717, 1.165) is 0 Å². The summed E-state index contributed by atoms with van der Waals surface area (Å²) in [5, 5.41) is 0. The topological polar surface area (TPSA) is 57.7 Å². The fourth-order valence-corrected chi connectivity index (χ4v) is 2.34. The summed E-state index contributed by atoms with van der Waals surface area (Å²) in [5.41, 5.74) is 1.13. The van der Waals surface area contributed by atoms with Crippen molar-refractivity contribution in [1.82, 2.24) is 0 Å². The van der Waals surface area contributed by atoms with Gasteiger partial charge in [-0.1, -0.05) is 26.0 Å². The zero-order chi connectivity index (χ0) is 14.7. The second-order valence-corrected chi connectivity index (χ2v) is 4.61. The quantitative estimate of drug-likeness (QED) is 0.830. The molecule has 1 aromatic carbocycles. The van der Waals surface area contributed by atoms with Gasteiger partial charge in [0.2, 0.25) is 17.7 Å². The van der Waals surface area contributed by atoms with Crippen LogP contribution >= 0.6 is 0 Å². The fourth-order valence-electron chi connectivity index (χ4n) is 2.34. The minimum Gasteiger partial charge on any atom is -0.310 e. The Morgan fingerprint density at radius 1 is 1.05 bits per heavy atom. The first-order valence-corrected chi connectivity index (χ1v) is 6.85. The number of imide groups is 1. The number of rotatable bonds is 2. The molecule has 2 rings (SSSR count). The second kappa shape index (κ2) is 5.86. The van der Waals surface area contributed by atoms with Crippen LogP contribution < -0.4 is 9.80 Å². The Kier molecular flexibility index (Phi) is 4.17. The molecule has 1 aliphatic heterocycles. The number of para-hydroxylation sites is 2. The van der Waals surface area contributed by atoms with Gasteiger partial charge in [0.1, 0.15) is 0 Å². The van der Waals surface area contributed by atoms with Gasteiger partial charge in [0.25, 0.3) is 0 Å². The highest BCUT2D eigenvalue weighted by molar-refractivity contribution is 6.18. The molecule has 3 amide bonds. The summed E-state index contributed by atoms with van der Waals surface area (Å²) >= 11 is 0. The number of hydrogen-bond acceptors (Lipinski definition) is 3. The molecular weight excluding hydrogens is 256 g/mol. The van der Waals surface area contributed by atoms with Crippen molar-refractivity contribution in [2.45, 2.75) is 33.1 Å². The highest BCUT2D eigenvalue weighted by Gasteiger charge is 2.31. The van der Waals surface area contributed by atoms with Gasteiger partial charge in [-0.2, -0.15) is 0 Å². The molecule has 0 fully saturated rings. The van der Waals surface area contributed by atoms with Crippen LogP contribution in [0.1, 0.15) is 33.1 Å². The summed E-state index contributed by atoms with van der Waals surface area (Å²) in [5.74, 6) is -0.542. The van der Waals surface area contributed by atoms with E-state index in [1.807, 2.05) is 0 Å². The minimum atomic E-state index is -0.254. The third-order valence-electron chi connectivity index (χ3n) is 3.37. The van der Waals surface area contributed by atoms with Gasteiger partial charge in [0.05, 0.1) is 11.4 Å². The third kappa shape index (κ3) is 2.43. The summed E-state index contributed by atoms with van der Waals surface area (Å²) in [4.78, 5) is 39.1. The molecule has 1 heterocycles. The molecule has 106 valence electrons. The molecule has 5 heteroatoms. The van der Waals surface area contributed by atoms with Crippen LogP contribution in [0.5, 0.6) is 0 Å². The zero-order valence-electron chi connectivity index (χ0n) is 11.8. The number of fused-ring (bicyclic) bond motifs is 1. The van der Waals surface area contributed by atoms with E-state index in [9.17, 15) is 14.4 Å². The van der Waals surface area contributed by atoms with E-state index < -0.39 is 0 Å². The van der Waals surface area contributed by atoms with Crippen LogP contribution in [0.3, 0.4) is 0 Å². The fraction of sp³-hybridized carbons (Fsp3) is 0.400. The molecule has 0 radical (unpaired) electrons. The molecule has 0 aliphatic carbocycles.